The van der Waals surface area contributed by atoms with Crippen molar-refractivity contribution >= 4 is 35.2 Å². The molecule has 1 amide bonds. The molecule has 32 heavy (non-hydrogen) atoms. The molecule has 7 heteroatoms. The van der Waals surface area contributed by atoms with Gasteiger partial charge in [-0.05, 0) is 43.3 Å². The zero-order chi connectivity index (χ0) is 21.9. The number of alkyl carbamates (subject to hydrolysis) is 1. The lowest BCUT2D eigenvalue weighted by molar-refractivity contribution is -0.141. The zero-order valence-corrected chi connectivity index (χ0v) is 19.6. The summed E-state index contributed by atoms with van der Waals surface area (Å²) in [5, 5.41) is 6.12. The van der Waals surface area contributed by atoms with Gasteiger partial charge in [0.15, 0.2) is 0 Å². The number of nitrogens with one attached hydrogen (secondary N) is 1. The lowest BCUT2D eigenvalue weighted by Crippen LogP contribution is -3.00. The van der Waals surface area contributed by atoms with E-state index in [1.54, 1.807) is 6.92 Å². The van der Waals surface area contributed by atoms with Crippen LogP contribution in [0.25, 0.3) is 0 Å². The van der Waals surface area contributed by atoms with E-state index < -0.39 is 19.3 Å². The molecule has 5 nitrogen and oxygen atoms in total. The number of esters is 1. The Morgan fingerprint density at radius 1 is 0.750 bits per heavy atom. The van der Waals surface area contributed by atoms with E-state index in [0.29, 0.717) is 6.16 Å². The highest BCUT2D eigenvalue weighted by Crippen LogP contribution is 2.54. The highest BCUT2D eigenvalue weighted by Gasteiger charge is 2.45. The Morgan fingerprint density at radius 2 is 1.19 bits per heavy atom. The summed E-state index contributed by atoms with van der Waals surface area (Å²) in [6.45, 7) is 2.01. The topological polar surface area (TPSA) is 64.6 Å². The molecule has 1 N–H and O–H groups in total. The van der Waals surface area contributed by atoms with Gasteiger partial charge in [0, 0.05) is 0 Å². The number of ether oxygens (including phenoxy) is 2. The van der Waals surface area contributed by atoms with Gasteiger partial charge in [0.1, 0.15) is 42.5 Å². The summed E-state index contributed by atoms with van der Waals surface area (Å²) in [4.78, 5) is 23.6. The Labute approximate surface area is 195 Å². The van der Waals surface area contributed by atoms with Gasteiger partial charge < -0.3 is 27.2 Å². The maximum absolute atomic E-state index is 12.1. The molecule has 0 unspecified atom stereocenters. The third-order valence-corrected chi connectivity index (χ3v) is 9.33. The summed E-state index contributed by atoms with van der Waals surface area (Å²) < 4.78 is 10.3. The molecule has 0 saturated carbocycles. The first kappa shape index (κ1) is 25.4. The van der Waals surface area contributed by atoms with Crippen molar-refractivity contribution in [2.75, 3.05) is 25.9 Å². The van der Waals surface area contributed by atoms with E-state index in [1.807, 2.05) is 54.6 Å². The molecule has 3 aromatic carbocycles. The van der Waals surface area contributed by atoms with Gasteiger partial charge >= 0.3 is 12.1 Å². The SMILES string of the molecule is CCOC(=O)CNC(=O)OCC[P+](c1ccccc1)(c1ccccc1)c1ccccc1.[Cl-]. The third-order valence-electron chi connectivity index (χ3n) is 4.93. The minimum atomic E-state index is -2.05. The van der Waals surface area contributed by atoms with E-state index in [4.69, 9.17) is 9.47 Å². The Bertz CT molecular complexity index is 874. The molecule has 0 aliphatic heterocycles. The van der Waals surface area contributed by atoms with Gasteiger partial charge in [-0.25, -0.2) is 4.79 Å². The number of halogens is 1. The van der Waals surface area contributed by atoms with Crippen molar-refractivity contribution < 1.29 is 31.5 Å². The van der Waals surface area contributed by atoms with Crippen LogP contribution in [0.1, 0.15) is 6.92 Å². The molecule has 0 aromatic heterocycles. The van der Waals surface area contributed by atoms with Crippen molar-refractivity contribution in [1.82, 2.24) is 5.32 Å². The number of hydrogen-bond acceptors (Lipinski definition) is 4. The van der Waals surface area contributed by atoms with Gasteiger partial charge in [0.05, 0.1) is 6.61 Å². The highest BCUT2D eigenvalue weighted by atomic mass is 35.5. The summed E-state index contributed by atoms with van der Waals surface area (Å²) in [7, 11) is -2.05. The van der Waals surface area contributed by atoms with Crippen LogP contribution in [0, 0.1) is 0 Å². The van der Waals surface area contributed by atoms with Crippen LogP contribution < -0.4 is 33.6 Å². The number of rotatable bonds is 9. The first-order valence-electron chi connectivity index (χ1n) is 10.3. The summed E-state index contributed by atoms with van der Waals surface area (Å²) >= 11 is 0. The second-order valence-electron chi connectivity index (χ2n) is 6.83. The van der Waals surface area contributed by atoms with Crippen LogP contribution in [0.4, 0.5) is 4.79 Å². The smallest absolute Gasteiger partial charge is 0.407 e. The summed E-state index contributed by atoms with van der Waals surface area (Å²) in [6.07, 6.45) is 0.0260. The molecule has 0 fully saturated rings. The normalized spacial score (nSPS) is 10.5. The van der Waals surface area contributed by atoms with Gasteiger partial charge in [-0.1, -0.05) is 54.6 Å². The van der Waals surface area contributed by atoms with Gasteiger partial charge in [-0.3, -0.25) is 4.79 Å². The molecule has 0 heterocycles. The lowest BCUT2D eigenvalue weighted by Gasteiger charge is -2.27. The fraction of sp³-hybridized carbons (Fsp3) is 0.200. The first-order chi connectivity index (χ1) is 15.2. The lowest BCUT2D eigenvalue weighted by atomic mass is 10.4. The van der Waals surface area contributed by atoms with E-state index in [0.717, 1.165) is 0 Å². The van der Waals surface area contributed by atoms with Crippen molar-refractivity contribution in [2.24, 2.45) is 0 Å². The van der Waals surface area contributed by atoms with E-state index in [-0.39, 0.29) is 32.2 Å². The molecular weight excluding hydrogens is 445 g/mol. The first-order valence-corrected chi connectivity index (χ1v) is 12.3. The van der Waals surface area contributed by atoms with Crippen LogP contribution in [-0.2, 0) is 14.3 Å². The van der Waals surface area contributed by atoms with Gasteiger partial charge in [0.25, 0.3) is 0 Å². The number of carbonyl (C=O) groups is 2. The molecule has 0 aliphatic carbocycles. The van der Waals surface area contributed by atoms with Crippen LogP contribution in [-0.4, -0.2) is 38.0 Å². The van der Waals surface area contributed by atoms with Gasteiger partial charge in [-0.15, -0.1) is 0 Å². The largest absolute Gasteiger partial charge is 1.00 e. The molecule has 0 bridgehead atoms. The Morgan fingerprint density at radius 3 is 1.59 bits per heavy atom. The van der Waals surface area contributed by atoms with Crippen LogP contribution in [0.5, 0.6) is 0 Å². The predicted molar refractivity (Wildman–Crippen MR) is 126 cm³/mol. The Kier molecular flexibility index (Phi) is 10.2. The van der Waals surface area contributed by atoms with Gasteiger partial charge in [0.2, 0.25) is 0 Å². The maximum atomic E-state index is 12.1. The fourth-order valence-electron chi connectivity index (χ4n) is 3.56. The number of hydrogen-bond donors (Lipinski definition) is 1. The van der Waals surface area contributed by atoms with Crippen molar-refractivity contribution in [2.45, 2.75) is 6.92 Å². The molecule has 0 spiro atoms. The second-order valence-corrected chi connectivity index (χ2v) is 10.5. The summed E-state index contributed by atoms with van der Waals surface area (Å²) in [6, 6.07) is 31.2. The standard InChI is InChI=1S/C25H26NO4P.ClH/c1-2-29-24(27)20-26-25(28)30-18-19-31(21-12-6-3-7-13-21,22-14-8-4-9-15-22)23-16-10-5-11-17-23;/h3-17H,2,18-20H2,1H3;1H. The molecule has 168 valence electrons. The number of benzene rings is 3. The summed E-state index contributed by atoms with van der Waals surface area (Å²) in [5.74, 6) is -0.487. The Hall–Kier alpha value is -2.88. The molecule has 0 aliphatic rings. The third kappa shape index (κ3) is 6.32. The Balaban J connectivity index is 0.00000363. The molecule has 3 aromatic rings. The number of carbonyl (C=O) groups excluding carboxylic acids is 2. The minimum Gasteiger partial charge on any atom is -1.00 e. The maximum Gasteiger partial charge on any atom is 0.407 e. The van der Waals surface area contributed by atoms with E-state index in [1.165, 1.54) is 15.9 Å². The molecule has 3 rings (SSSR count). The van der Waals surface area contributed by atoms with Crippen LogP contribution in [0.2, 0.25) is 0 Å². The molecule has 0 atom stereocenters. The average Bonchev–Trinajstić information content (AvgIpc) is 2.82. The van der Waals surface area contributed by atoms with Crippen LogP contribution in [0.3, 0.4) is 0 Å². The molecular formula is C25H27ClNO4P. The fourth-order valence-corrected chi connectivity index (χ4v) is 7.64. The second kappa shape index (κ2) is 12.8. The van der Waals surface area contributed by atoms with Crippen molar-refractivity contribution in [3.8, 4) is 0 Å². The quantitative estimate of drug-likeness (QED) is 0.359. The highest BCUT2D eigenvalue weighted by molar-refractivity contribution is 7.95. The van der Waals surface area contributed by atoms with E-state index in [2.05, 4.69) is 41.7 Å². The van der Waals surface area contributed by atoms with Crippen molar-refractivity contribution in [1.29, 1.82) is 0 Å². The van der Waals surface area contributed by atoms with Crippen molar-refractivity contribution in [3.63, 3.8) is 0 Å². The monoisotopic (exact) mass is 471 g/mol. The van der Waals surface area contributed by atoms with E-state index >= 15 is 0 Å². The van der Waals surface area contributed by atoms with Crippen LogP contribution >= 0.6 is 7.26 Å². The van der Waals surface area contributed by atoms with Gasteiger partial charge in [-0.2, -0.15) is 0 Å². The molecule has 0 radical (unpaired) electrons. The predicted octanol–water partition coefficient (Wildman–Crippen LogP) is 0.274. The zero-order valence-electron chi connectivity index (χ0n) is 17.9. The average molecular weight is 472 g/mol. The molecule has 0 saturated heterocycles. The van der Waals surface area contributed by atoms with E-state index in [9.17, 15) is 9.59 Å². The minimum absolute atomic E-state index is 0. The van der Waals surface area contributed by atoms with Crippen molar-refractivity contribution in [3.05, 3.63) is 91.0 Å². The van der Waals surface area contributed by atoms with Crippen LogP contribution in [0.15, 0.2) is 91.0 Å². The summed E-state index contributed by atoms with van der Waals surface area (Å²) in [5.41, 5.74) is 0. The number of amides is 1.